The van der Waals surface area contributed by atoms with Crippen LogP contribution in [0, 0.1) is 0 Å². The number of hydrogen-bond donors (Lipinski definition) is 2. The minimum atomic E-state index is -4.08. The van der Waals surface area contributed by atoms with Crippen molar-refractivity contribution in [1.29, 1.82) is 0 Å². The highest BCUT2D eigenvalue weighted by atomic mass is 32.2. The molecule has 24 heavy (non-hydrogen) atoms. The fourth-order valence-corrected chi connectivity index (χ4v) is 2.91. The van der Waals surface area contributed by atoms with Crippen LogP contribution in [0.3, 0.4) is 0 Å². The standard InChI is InChI=1S/C16H18N2O5S/c17-13-9-5-4-8-12(13)15-14(10-21-24(18,19)20)22-16(23-15)11-6-2-1-3-7-11/h1-9,14-16H,10,17H2,(H2,18,19,20)/t14-,15-,16?/m1/s1. The van der Waals surface area contributed by atoms with Gasteiger partial charge in [0, 0.05) is 16.8 Å². The molecule has 1 heterocycles. The molecule has 0 radical (unpaired) electrons. The van der Waals surface area contributed by atoms with Gasteiger partial charge in [-0.15, -0.1) is 0 Å². The molecule has 4 N–H and O–H groups in total. The van der Waals surface area contributed by atoms with E-state index >= 15 is 0 Å². The van der Waals surface area contributed by atoms with Crippen molar-refractivity contribution in [2.24, 2.45) is 5.14 Å². The van der Waals surface area contributed by atoms with Crippen molar-refractivity contribution in [2.75, 3.05) is 12.3 Å². The molecule has 7 nitrogen and oxygen atoms in total. The van der Waals surface area contributed by atoms with Crippen LogP contribution in [0.15, 0.2) is 54.6 Å². The van der Waals surface area contributed by atoms with Gasteiger partial charge < -0.3 is 15.2 Å². The zero-order valence-electron chi connectivity index (χ0n) is 12.7. The van der Waals surface area contributed by atoms with E-state index in [1.54, 1.807) is 18.2 Å². The highest BCUT2D eigenvalue weighted by molar-refractivity contribution is 7.84. The fraction of sp³-hybridized carbons (Fsp3) is 0.250. The number of nitrogens with two attached hydrogens (primary N) is 2. The van der Waals surface area contributed by atoms with Gasteiger partial charge in [-0.2, -0.15) is 8.42 Å². The Balaban J connectivity index is 1.86. The molecule has 1 saturated heterocycles. The second kappa shape index (κ2) is 6.88. The monoisotopic (exact) mass is 350 g/mol. The van der Waals surface area contributed by atoms with Crippen LogP contribution < -0.4 is 10.9 Å². The van der Waals surface area contributed by atoms with Crippen LogP contribution in [0.5, 0.6) is 0 Å². The number of benzene rings is 2. The zero-order valence-corrected chi connectivity index (χ0v) is 13.6. The summed E-state index contributed by atoms with van der Waals surface area (Å²) in [6.45, 7) is -0.263. The topological polar surface area (TPSA) is 114 Å². The molecule has 0 bridgehead atoms. The molecule has 2 aromatic carbocycles. The average Bonchev–Trinajstić information content (AvgIpc) is 2.98. The molecule has 1 aliphatic rings. The highest BCUT2D eigenvalue weighted by Crippen LogP contribution is 2.41. The smallest absolute Gasteiger partial charge is 0.333 e. The van der Waals surface area contributed by atoms with Gasteiger partial charge in [0.25, 0.3) is 0 Å². The van der Waals surface area contributed by atoms with Crippen LogP contribution in [0.2, 0.25) is 0 Å². The van der Waals surface area contributed by atoms with Gasteiger partial charge >= 0.3 is 10.3 Å². The summed E-state index contributed by atoms with van der Waals surface area (Å²) in [5.41, 5.74) is 8.06. The van der Waals surface area contributed by atoms with Crippen LogP contribution in [0.1, 0.15) is 23.5 Å². The number of rotatable bonds is 5. The maximum atomic E-state index is 11.1. The molecule has 0 aromatic heterocycles. The van der Waals surface area contributed by atoms with Gasteiger partial charge in [0.1, 0.15) is 12.2 Å². The Morgan fingerprint density at radius 1 is 1.00 bits per heavy atom. The first-order valence-electron chi connectivity index (χ1n) is 7.31. The molecule has 3 atom stereocenters. The second-order valence-electron chi connectivity index (χ2n) is 5.38. The Morgan fingerprint density at radius 3 is 2.33 bits per heavy atom. The third kappa shape index (κ3) is 3.92. The molecule has 1 aliphatic heterocycles. The molecule has 0 amide bonds. The van der Waals surface area contributed by atoms with Crippen molar-refractivity contribution in [1.82, 2.24) is 0 Å². The van der Waals surface area contributed by atoms with Crippen LogP contribution in [-0.4, -0.2) is 21.1 Å². The normalized spacial score (nSPS) is 24.1. The van der Waals surface area contributed by atoms with E-state index in [1.165, 1.54) is 0 Å². The Labute approximate surface area is 140 Å². The second-order valence-corrected chi connectivity index (χ2v) is 6.60. The van der Waals surface area contributed by atoms with Gasteiger partial charge in [0.15, 0.2) is 6.29 Å². The van der Waals surface area contributed by atoms with Crippen LogP contribution in [0.4, 0.5) is 5.69 Å². The molecule has 0 aliphatic carbocycles. The van der Waals surface area contributed by atoms with Crippen LogP contribution in [-0.2, 0) is 24.0 Å². The van der Waals surface area contributed by atoms with Crippen molar-refractivity contribution in [3.05, 3.63) is 65.7 Å². The van der Waals surface area contributed by atoms with E-state index in [0.29, 0.717) is 11.3 Å². The van der Waals surface area contributed by atoms with E-state index in [0.717, 1.165) is 5.56 Å². The SMILES string of the molecule is Nc1ccccc1[C@H]1OC(c2ccccc2)O[C@@H]1COS(N)(=O)=O. The average molecular weight is 350 g/mol. The Morgan fingerprint density at radius 2 is 1.67 bits per heavy atom. The third-order valence-electron chi connectivity index (χ3n) is 3.68. The summed E-state index contributed by atoms with van der Waals surface area (Å²) in [4.78, 5) is 0. The van der Waals surface area contributed by atoms with Gasteiger partial charge in [0.05, 0.1) is 6.61 Å². The first kappa shape index (κ1) is 16.9. The molecule has 2 aromatic rings. The lowest BCUT2D eigenvalue weighted by Crippen LogP contribution is -2.27. The van der Waals surface area contributed by atoms with Gasteiger partial charge in [-0.1, -0.05) is 48.5 Å². The highest BCUT2D eigenvalue weighted by Gasteiger charge is 2.39. The van der Waals surface area contributed by atoms with Crippen molar-refractivity contribution in [3.8, 4) is 0 Å². The minimum Gasteiger partial charge on any atom is -0.398 e. The third-order valence-corrected chi connectivity index (χ3v) is 4.14. The number of hydrogen-bond acceptors (Lipinski definition) is 6. The van der Waals surface area contributed by atoms with Crippen molar-refractivity contribution < 1.29 is 22.1 Å². The van der Waals surface area contributed by atoms with Gasteiger partial charge in [-0.05, 0) is 6.07 Å². The molecule has 1 fully saturated rings. The fourth-order valence-electron chi connectivity index (χ4n) is 2.58. The van der Waals surface area contributed by atoms with Gasteiger partial charge in [-0.25, -0.2) is 5.14 Å². The quantitative estimate of drug-likeness (QED) is 0.793. The van der Waals surface area contributed by atoms with E-state index in [-0.39, 0.29) is 6.61 Å². The zero-order chi connectivity index (χ0) is 17.2. The lowest BCUT2D eigenvalue weighted by atomic mass is 10.0. The van der Waals surface area contributed by atoms with Crippen molar-refractivity contribution in [3.63, 3.8) is 0 Å². The van der Waals surface area contributed by atoms with E-state index in [4.69, 9.17) is 24.5 Å². The van der Waals surface area contributed by atoms with E-state index in [1.807, 2.05) is 36.4 Å². The Bertz CT molecular complexity index is 797. The largest absolute Gasteiger partial charge is 0.398 e. The summed E-state index contributed by atoms with van der Waals surface area (Å²) in [5, 5.41) is 4.90. The number of anilines is 1. The van der Waals surface area contributed by atoms with Crippen molar-refractivity contribution >= 4 is 16.0 Å². The summed E-state index contributed by atoms with van der Waals surface area (Å²) >= 11 is 0. The van der Waals surface area contributed by atoms with E-state index in [2.05, 4.69) is 0 Å². The Kier molecular flexibility index (Phi) is 4.83. The molecule has 1 unspecified atom stereocenters. The lowest BCUT2D eigenvalue weighted by molar-refractivity contribution is -0.0726. The number of ether oxygens (including phenoxy) is 2. The van der Waals surface area contributed by atoms with Crippen molar-refractivity contribution in [2.45, 2.75) is 18.5 Å². The predicted octanol–water partition coefficient (Wildman–Crippen LogP) is 1.64. The van der Waals surface area contributed by atoms with Gasteiger partial charge in [0.2, 0.25) is 0 Å². The molecular formula is C16H18N2O5S. The maximum absolute atomic E-state index is 11.1. The summed E-state index contributed by atoms with van der Waals surface area (Å²) in [7, 11) is -4.08. The molecule has 3 rings (SSSR count). The molecule has 0 saturated carbocycles. The first-order valence-corrected chi connectivity index (χ1v) is 8.78. The molecule has 0 spiro atoms. The molecule has 8 heteroatoms. The molecule has 128 valence electrons. The van der Waals surface area contributed by atoms with Crippen LogP contribution in [0.25, 0.3) is 0 Å². The van der Waals surface area contributed by atoms with Crippen LogP contribution >= 0.6 is 0 Å². The number of nitrogen functional groups attached to an aromatic ring is 1. The van der Waals surface area contributed by atoms with E-state index < -0.39 is 28.8 Å². The predicted molar refractivity (Wildman–Crippen MR) is 87.8 cm³/mol. The summed E-state index contributed by atoms with van der Waals surface area (Å²) in [6.07, 6.45) is -1.89. The maximum Gasteiger partial charge on any atom is 0.333 e. The minimum absolute atomic E-state index is 0.263. The van der Waals surface area contributed by atoms with Gasteiger partial charge in [-0.3, -0.25) is 4.18 Å². The number of para-hydroxylation sites is 1. The lowest BCUT2D eigenvalue weighted by Gasteiger charge is -2.17. The Hall–Kier alpha value is -1.97. The summed E-state index contributed by atoms with van der Waals surface area (Å²) in [5.74, 6) is 0. The summed E-state index contributed by atoms with van der Waals surface area (Å²) < 4.78 is 38.7. The van der Waals surface area contributed by atoms with E-state index in [9.17, 15) is 8.42 Å². The molecular weight excluding hydrogens is 332 g/mol. The first-order chi connectivity index (χ1) is 11.4. The summed E-state index contributed by atoms with van der Waals surface area (Å²) in [6, 6.07) is 16.5.